The average Bonchev–Trinajstić information content (AvgIpc) is 2.83. The monoisotopic (exact) mass is 288 g/mol. The Morgan fingerprint density at radius 3 is 2.20 bits per heavy atom. The van der Waals surface area contributed by atoms with Gasteiger partial charge in [-0.3, -0.25) is 0 Å². The van der Waals surface area contributed by atoms with Gasteiger partial charge < -0.3 is 0 Å². The van der Waals surface area contributed by atoms with Gasteiger partial charge in [0, 0.05) is 0 Å². The van der Waals surface area contributed by atoms with E-state index in [1.807, 2.05) is 4.74 Å². The van der Waals surface area contributed by atoms with E-state index >= 15 is 0 Å². The number of rotatable bonds is 3. The van der Waals surface area contributed by atoms with Crippen molar-refractivity contribution in [3.05, 3.63) is 36.4 Å². The molecule has 0 spiro atoms. The molecule has 2 rings (SSSR count). The van der Waals surface area contributed by atoms with Crippen LogP contribution in [0.15, 0.2) is 40.9 Å². The van der Waals surface area contributed by atoms with Crippen molar-refractivity contribution in [3.63, 3.8) is 0 Å². The molecule has 0 aliphatic heterocycles. The molecule has 0 saturated heterocycles. The molecule has 0 unspecified atom stereocenters. The van der Waals surface area contributed by atoms with E-state index in [0.29, 0.717) is 0 Å². The van der Waals surface area contributed by atoms with Crippen LogP contribution < -0.4 is 10.1 Å². The van der Waals surface area contributed by atoms with Crippen molar-refractivity contribution in [2.75, 3.05) is 0 Å². The lowest BCUT2D eigenvalue weighted by Gasteiger charge is -2.33. The van der Waals surface area contributed by atoms with Crippen molar-refractivity contribution in [2.24, 2.45) is 0 Å². The predicted octanol–water partition coefficient (Wildman–Crippen LogP) is 3.97. The van der Waals surface area contributed by atoms with Crippen molar-refractivity contribution in [3.8, 4) is 11.3 Å². The first-order valence-corrected chi connectivity index (χ1v) is 10.4. The second-order valence-electron chi connectivity index (χ2n) is 6.92. The number of hydrogen-bond donors (Lipinski definition) is 0. The summed E-state index contributed by atoms with van der Waals surface area (Å²) in [5.41, 5.74) is 2.41. The Kier molecular flexibility index (Phi) is 3.92. The van der Waals surface area contributed by atoms with Gasteiger partial charge in [-0.1, -0.05) is 52.1 Å². The van der Waals surface area contributed by atoms with Crippen LogP contribution in [0.2, 0.25) is 18.1 Å². The molecule has 2 nitrogen and oxygen atoms in total. The van der Waals surface area contributed by atoms with E-state index in [4.69, 9.17) is 4.52 Å². The maximum absolute atomic E-state index is 6.19. The van der Waals surface area contributed by atoms with E-state index in [1.165, 1.54) is 16.6 Å². The van der Waals surface area contributed by atoms with Gasteiger partial charge in [-0.2, -0.15) is 0 Å². The van der Waals surface area contributed by atoms with Gasteiger partial charge >= 0.3 is 0 Å². The maximum atomic E-state index is 6.19. The van der Waals surface area contributed by atoms with Crippen molar-refractivity contribution >= 4 is 13.5 Å². The molecule has 1 aromatic heterocycles. The number of aromatic nitrogens is 1. The number of aryl methyl sites for hydroxylation is 1. The summed E-state index contributed by atoms with van der Waals surface area (Å²) < 4.78 is 8.21. The lowest BCUT2D eigenvalue weighted by molar-refractivity contribution is -0.850. The summed E-state index contributed by atoms with van der Waals surface area (Å²) >= 11 is 0. The summed E-state index contributed by atoms with van der Waals surface area (Å²) in [7, 11) is -1.63. The molecule has 0 radical (unpaired) electrons. The number of hydrogen-bond acceptors (Lipinski definition) is 1. The summed E-state index contributed by atoms with van der Waals surface area (Å²) in [6, 6.07) is 12.8. The molecule has 1 aromatic carbocycles. The van der Waals surface area contributed by atoms with Crippen LogP contribution in [0.4, 0.5) is 0 Å². The fourth-order valence-corrected chi connectivity index (χ4v) is 3.70. The molecule has 108 valence electrons. The molecule has 0 aliphatic carbocycles. The zero-order chi connectivity index (χ0) is 15.0. The first kappa shape index (κ1) is 15.0. The first-order valence-electron chi connectivity index (χ1n) is 7.37. The van der Waals surface area contributed by atoms with Gasteiger partial charge in [0.2, 0.25) is 0 Å². The highest BCUT2D eigenvalue weighted by atomic mass is 28.3. The van der Waals surface area contributed by atoms with Crippen LogP contribution in [0.3, 0.4) is 0 Å². The summed E-state index contributed by atoms with van der Waals surface area (Å²) in [6.07, 6.45) is 0. The Morgan fingerprint density at radius 1 is 1.10 bits per heavy atom. The largest absolute Gasteiger partial charge is 0.261 e. The fourth-order valence-electron chi connectivity index (χ4n) is 2.13. The smallest absolute Gasteiger partial charge is 0.246 e. The van der Waals surface area contributed by atoms with E-state index in [9.17, 15) is 0 Å². The summed E-state index contributed by atoms with van der Waals surface area (Å²) in [5, 5.41) is 1.47. The summed E-state index contributed by atoms with van der Waals surface area (Å²) in [4.78, 5) is 0. The molecule has 0 fully saturated rings. The van der Waals surface area contributed by atoms with Crippen molar-refractivity contribution < 1.29 is 9.26 Å². The van der Waals surface area contributed by atoms with E-state index in [2.05, 4.69) is 77.2 Å². The van der Waals surface area contributed by atoms with Crippen molar-refractivity contribution in [2.45, 2.75) is 52.4 Å². The minimum Gasteiger partial charge on any atom is -0.246 e. The van der Waals surface area contributed by atoms with Crippen LogP contribution in [-0.4, -0.2) is 8.07 Å². The Morgan fingerprint density at radius 2 is 1.70 bits per heavy atom. The van der Waals surface area contributed by atoms with Crippen LogP contribution in [-0.2, 0) is 6.54 Å². The van der Waals surface area contributed by atoms with Gasteiger partial charge in [0.1, 0.15) is 8.07 Å². The molecule has 1 heterocycles. The minimum absolute atomic E-state index is 0.282. The lowest BCUT2D eigenvalue weighted by Crippen LogP contribution is -2.49. The van der Waals surface area contributed by atoms with E-state index in [1.54, 1.807) is 0 Å². The average molecular weight is 288 g/mol. The predicted molar refractivity (Wildman–Crippen MR) is 86.8 cm³/mol. The second-order valence-corrected chi connectivity index (χ2v) is 12.2. The topological polar surface area (TPSA) is 17.0 Å². The highest BCUT2D eigenvalue weighted by molar-refractivity contribution is 6.91. The molecular formula is C17H26NOSi+. The highest BCUT2D eigenvalue weighted by Crippen LogP contribution is 2.35. The third-order valence-corrected chi connectivity index (χ3v) is 9.81. The van der Waals surface area contributed by atoms with Gasteiger partial charge in [0.15, 0.2) is 11.9 Å². The van der Waals surface area contributed by atoms with E-state index in [-0.39, 0.29) is 5.04 Å². The third kappa shape index (κ3) is 2.59. The molecule has 0 atom stereocenters. The Bertz CT molecular complexity index is 579. The van der Waals surface area contributed by atoms with Crippen LogP contribution in [0.25, 0.3) is 11.3 Å². The second kappa shape index (κ2) is 5.21. The Hall–Kier alpha value is -1.35. The molecule has 0 saturated carbocycles. The molecule has 0 amide bonds. The summed E-state index contributed by atoms with van der Waals surface area (Å²) in [5.74, 6) is 0. The van der Waals surface area contributed by atoms with Crippen LogP contribution in [0, 0.1) is 0 Å². The molecule has 0 aliphatic rings. The van der Waals surface area contributed by atoms with Gasteiger partial charge in [-0.05, 0) is 28.8 Å². The van der Waals surface area contributed by atoms with Gasteiger partial charge in [-0.15, -0.1) is 0 Å². The third-order valence-electron chi connectivity index (χ3n) is 4.59. The molecular weight excluding hydrogens is 262 g/mol. The first-order chi connectivity index (χ1) is 9.27. The molecule has 0 bridgehead atoms. The molecule has 2 aromatic rings. The quantitative estimate of drug-likeness (QED) is 0.617. The maximum Gasteiger partial charge on any atom is 0.261 e. The number of nitrogens with zero attached hydrogens (tertiary/aromatic N) is 1. The highest BCUT2D eigenvalue weighted by Gasteiger charge is 2.43. The van der Waals surface area contributed by atoms with E-state index in [0.717, 1.165) is 6.54 Å². The zero-order valence-corrected chi connectivity index (χ0v) is 14.5. The zero-order valence-electron chi connectivity index (χ0n) is 13.5. The Balaban J connectivity index is 2.53. The van der Waals surface area contributed by atoms with Crippen LogP contribution in [0.5, 0.6) is 0 Å². The van der Waals surface area contributed by atoms with Crippen LogP contribution >= 0.6 is 0 Å². The minimum atomic E-state index is -1.63. The summed E-state index contributed by atoms with van der Waals surface area (Å²) in [6.45, 7) is 14.7. The van der Waals surface area contributed by atoms with Gasteiger partial charge in [0.25, 0.3) is 5.69 Å². The van der Waals surface area contributed by atoms with E-state index < -0.39 is 8.07 Å². The van der Waals surface area contributed by atoms with Gasteiger partial charge in [-0.25, -0.2) is 4.52 Å². The fraction of sp³-hybridized carbons (Fsp3) is 0.471. The Labute approximate surface area is 123 Å². The molecule has 20 heavy (non-hydrogen) atoms. The molecule has 3 heteroatoms. The van der Waals surface area contributed by atoms with Gasteiger partial charge in [0.05, 0.1) is 11.6 Å². The number of benzene rings is 1. The lowest BCUT2D eigenvalue weighted by atomic mass is 10.1. The van der Waals surface area contributed by atoms with Crippen molar-refractivity contribution in [1.82, 2.24) is 0 Å². The SMILES string of the molecule is CC[n+]1oc([Si](C)(C)C(C)(C)C)cc1-c1ccccc1. The van der Waals surface area contributed by atoms with Crippen LogP contribution in [0.1, 0.15) is 27.7 Å². The standard InChI is InChI=1S/C17H26NOSi/c1-7-18-15(14-11-9-8-10-12-14)13-16(19-18)20(5,6)17(2,3)4/h8-13H,7H2,1-6H3/q+1. The normalized spacial score (nSPS) is 12.7. The molecule has 0 N–H and O–H groups in total. The van der Waals surface area contributed by atoms with Crippen molar-refractivity contribution in [1.29, 1.82) is 0 Å².